The molecule has 0 amide bonds. The van der Waals surface area contributed by atoms with E-state index in [9.17, 15) is 9.90 Å². The molecule has 19 heavy (non-hydrogen) atoms. The highest BCUT2D eigenvalue weighted by Gasteiger charge is 2.79. The molecule has 1 aliphatic heterocycles. The van der Waals surface area contributed by atoms with E-state index in [2.05, 4.69) is 0 Å². The first-order chi connectivity index (χ1) is 9.10. The first kappa shape index (κ1) is 14.0. The summed E-state index contributed by atoms with van der Waals surface area (Å²) in [5.41, 5.74) is 0.596. The molecule has 2 atom stereocenters. The zero-order valence-corrected chi connectivity index (χ0v) is 11.1. The first-order valence-electron chi connectivity index (χ1n) is 6.40. The fourth-order valence-electron chi connectivity index (χ4n) is 1.96. The number of hydrogen-bond acceptors (Lipinski definition) is 5. The van der Waals surface area contributed by atoms with Gasteiger partial charge in [-0.15, -0.1) is 0 Å². The monoisotopic (exact) mass is 266 g/mol. The molecule has 0 radical (unpaired) electrons. The summed E-state index contributed by atoms with van der Waals surface area (Å²) in [6.07, 6.45) is 0.747. The smallest absolute Gasteiger partial charge is 0.373 e. The summed E-state index contributed by atoms with van der Waals surface area (Å²) in [6, 6.07) is 8.90. The molecule has 1 aromatic carbocycles. The van der Waals surface area contributed by atoms with Crippen molar-refractivity contribution in [2.24, 2.45) is 0 Å². The van der Waals surface area contributed by atoms with Crippen LogP contribution in [0.4, 0.5) is 0 Å². The number of aliphatic hydroxyl groups is 1. The van der Waals surface area contributed by atoms with Crippen molar-refractivity contribution < 1.29 is 24.1 Å². The van der Waals surface area contributed by atoms with Gasteiger partial charge >= 0.3 is 11.8 Å². The standard InChI is InChI=1S/C14H18O5/c1-3-10-18-14(11-8-6-5-7-9-11)13(16,19-14)12(15)17-4-2/h5-9,16H,3-4,10H2,1-2H3. The Morgan fingerprint density at radius 1 is 1.32 bits per heavy atom. The third kappa shape index (κ3) is 2.25. The Kier molecular flexibility index (Phi) is 3.89. The van der Waals surface area contributed by atoms with Crippen LogP contribution < -0.4 is 0 Å². The molecule has 0 aliphatic carbocycles. The lowest BCUT2D eigenvalue weighted by Gasteiger charge is -2.16. The number of carbonyl (C=O) groups excluding carboxylic acids is 1. The molecular formula is C14H18O5. The van der Waals surface area contributed by atoms with Crippen LogP contribution in [0.2, 0.25) is 0 Å². The zero-order valence-electron chi connectivity index (χ0n) is 11.1. The van der Waals surface area contributed by atoms with Crippen molar-refractivity contribution in [1.29, 1.82) is 0 Å². The van der Waals surface area contributed by atoms with Crippen molar-refractivity contribution in [3.8, 4) is 0 Å². The van der Waals surface area contributed by atoms with E-state index in [0.717, 1.165) is 6.42 Å². The second-order valence-electron chi connectivity index (χ2n) is 4.30. The Bertz CT molecular complexity index is 446. The molecule has 2 unspecified atom stereocenters. The largest absolute Gasteiger partial charge is 0.462 e. The number of epoxide rings is 1. The van der Waals surface area contributed by atoms with Crippen molar-refractivity contribution >= 4 is 5.97 Å². The molecule has 0 aromatic heterocycles. The maximum atomic E-state index is 11.8. The van der Waals surface area contributed by atoms with Gasteiger partial charge in [0.05, 0.1) is 13.2 Å². The van der Waals surface area contributed by atoms with Gasteiger partial charge in [0.15, 0.2) is 0 Å². The minimum atomic E-state index is -2.06. The van der Waals surface area contributed by atoms with Crippen LogP contribution in [0.5, 0.6) is 0 Å². The Labute approximate surface area is 112 Å². The van der Waals surface area contributed by atoms with Crippen molar-refractivity contribution in [3.05, 3.63) is 35.9 Å². The highest BCUT2D eigenvalue weighted by molar-refractivity contribution is 5.82. The molecule has 0 bridgehead atoms. The normalized spacial score (nSPS) is 29.0. The SMILES string of the molecule is CCCOC1(c2ccccc2)OC1(O)C(=O)OCC. The van der Waals surface area contributed by atoms with E-state index in [1.807, 2.05) is 13.0 Å². The van der Waals surface area contributed by atoms with Gasteiger partial charge in [-0.2, -0.15) is 0 Å². The molecule has 1 saturated heterocycles. The Balaban J connectivity index is 2.27. The summed E-state index contributed by atoms with van der Waals surface area (Å²) in [5.74, 6) is -4.33. The van der Waals surface area contributed by atoms with Gasteiger partial charge in [-0.3, -0.25) is 4.74 Å². The fourth-order valence-corrected chi connectivity index (χ4v) is 1.96. The summed E-state index contributed by atoms with van der Waals surface area (Å²) in [5, 5.41) is 10.3. The number of benzene rings is 1. The van der Waals surface area contributed by atoms with Gasteiger partial charge in [0.2, 0.25) is 0 Å². The Hall–Kier alpha value is -1.43. The van der Waals surface area contributed by atoms with Crippen LogP contribution in [0.3, 0.4) is 0 Å². The van der Waals surface area contributed by atoms with Crippen molar-refractivity contribution in [2.45, 2.75) is 31.8 Å². The van der Waals surface area contributed by atoms with Crippen molar-refractivity contribution in [2.75, 3.05) is 13.2 Å². The van der Waals surface area contributed by atoms with Gasteiger partial charge in [-0.05, 0) is 13.3 Å². The molecule has 5 heteroatoms. The first-order valence-corrected chi connectivity index (χ1v) is 6.40. The van der Waals surface area contributed by atoms with Gasteiger partial charge in [-0.1, -0.05) is 37.3 Å². The topological polar surface area (TPSA) is 68.3 Å². The van der Waals surface area contributed by atoms with E-state index in [-0.39, 0.29) is 6.61 Å². The lowest BCUT2D eigenvalue weighted by Crippen LogP contribution is -2.36. The maximum Gasteiger partial charge on any atom is 0.373 e. The average molecular weight is 266 g/mol. The van der Waals surface area contributed by atoms with Crippen LogP contribution in [-0.4, -0.2) is 30.1 Å². The van der Waals surface area contributed by atoms with Crippen LogP contribution in [0.15, 0.2) is 30.3 Å². The molecule has 1 fully saturated rings. The van der Waals surface area contributed by atoms with Gasteiger partial charge < -0.3 is 14.6 Å². The molecule has 1 aromatic rings. The van der Waals surface area contributed by atoms with E-state index in [0.29, 0.717) is 12.2 Å². The third-order valence-electron chi connectivity index (χ3n) is 2.91. The zero-order chi connectivity index (χ0) is 13.9. The van der Waals surface area contributed by atoms with E-state index >= 15 is 0 Å². The van der Waals surface area contributed by atoms with E-state index in [1.54, 1.807) is 31.2 Å². The second-order valence-corrected chi connectivity index (χ2v) is 4.30. The highest BCUT2D eigenvalue weighted by Crippen LogP contribution is 2.55. The van der Waals surface area contributed by atoms with Gasteiger partial charge in [0, 0.05) is 5.56 Å². The molecule has 104 valence electrons. The maximum absolute atomic E-state index is 11.8. The Morgan fingerprint density at radius 2 is 2.00 bits per heavy atom. The van der Waals surface area contributed by atoms with E-state index < -0.39 is 17.5 Å². The van der Waals surface area contributed by atoms with Crippen LogP contribution in [0, 0.1) is 0 Å². The van der Waals surface area contributed by atoms with E-state index in [4.69, 9.17) is 14.2 Å². The van der Waals surface area contributed by atoms with Crippen molar-refractivity contribution in [1.82, 2.24) is 0 Å². The summed E-state index contributed by atoms with van der Waals surface area (Å²) >= 11 is 0. The molecule has 1 N–H and O–H groups in total. The number of hydrogen-bond donors (Lipinski definition) is 1. The average Bonchev–Trinajstić information content (AvgIpc) is 3.06. The lowest BCUT2D eigenvalue weighted by molar-refractivity contribution is -0.166. The number of rotatable bonds is 6. The summed E-state index contributed by atoms with van der Waals surface area (Å²) in [7, 11) is 0. The minimum Gasteiger partial charge on any atom is -0.462 e. The van der Waals surface area contributed by atoms with Gasteiger partial charge in [0.25, 0.3) is 5.79 Å². The minimum absolute atomic E-state index is 0.170. The van der Waals surface area contributed by atoms with Gasteiger partial charge in [-0.25, -0.2) is 4.79 Å². The molecule has 1 aliphatic rings. The predicted octanol–water partition coefficient (Wildman–Crippen LogP) is 1.55. The molecule has 1 heterocycles. The summed E-state index contributed by atoms with van der Waals surface area (Å²) in [4.78, 5) is 11.8. The number of esters is 1. The Morgan fingerprint density at radius 3 is 2.58 bits per heavy atom. The molecule has 0 spiro atoms. The molecule has 2 rings (SSSR count). The molecule has 5 nitrogen and oxygen atoms in total. The van der Waals surface area contributed by atoms with Crippen LogP contribution in [0.1, 0.15) is 25.8 Å². The quantitative estimate of drug-likeness (QED) is 0.625. The molecule has 0 saturated carbocycles. The van der Waals surface area contributed by atoms with Crippen LogP contribution in [0.25, 0.3) is 0 Å². The van der Waals surface area contributed by atoms with E-state index in [1.165, 1.54) is 0 Å². The van der Waals surface area contributed by atoms with Crippen molar-refractivity contribution in [3.63, 3.8) is 0 Å². The fraction of sp³-hybridized carbons (Fsp3) is 0.500. The third-order valence-corrected chi connectivity index (χ3v) is 2.91. The van der Waals surface area contributed by atoms with Gasteiger partial charge in [0.1, 0.15) is 0 Å². The second kappa shape index (κ2) is 5.28. The predicted molar refractivity (Wildman–Crippen MR) is 67.0 cm³/mol. The van der Waals surface area contributed by atoms with Crippen LogP contribution >= 0.6 is 0 Å². The summed E-state index contributed by atoms with van der Waals surface area (Å²) < 4.78 is 15.7. The number of carbonyl (C=O) groups is 1. The van der Waals surface area contributed by atoms with Crippen LogP contribution in [-0.2, 0) is 24.8 Å². The highest BCUT2D eigenvalue weighted by atomic mass is 16.9. The lowest BCUT2D eigenvalue weighted by atomic mass is 10.0. The number of ether oxygens (including phenoxy) is 3. The summed E-state index contributed by atoms with van der Waals surface area (Å²) in [6.45, 7) is 4.14. The molecular weight excluding hydrogens is 248 g/mol.